The van der Waals surface area contributed by atoms with E-state index in [-0.39, 0.29) is 5.91 Å². The van der Waals surface area contributed by atoms with Crippen molar-refractivity contribution < 1.29 is 4.79 Å². The molecule has 1 aliphatic rings. The molecule has 1 fully saturated rings. The molecular weight excluding hydrogens is 350 g/mol. The monoisotopic (exact) mass is 377 g/mol. The van der Waals surface area contributed by atoms with E-state index in [1.165, 1.54) is 5.56 Å². The van der Waals surface area contributed by atoms with Crippen molar-refractivity contribution in [3.63, 3.8) is 0 Å². The number of carbonyl (C=O) groups excluding carboxylic acids is 1. The number of nitrogens with zero attached hydrogens (tertiary/aromatic N) is 4. The molecule has 6 heteroatoms. The summed E-state index contributed by atoms with van der Waals surface area (Å²) >= 11 is 0. The van der Waals surface area contributed by atoms with Gasteiger partial charge in [-0.15, -0.1) is 0 Å². The average Bonchev–Trinajstić information content (AvgIpc) is 3.11. The number of benzene rings is 1. The van der Waals surface area contributed by atoms with Crippen LogP contribution in [0.2, 0.25) is 0 Å². The van der Waals surface area contributed by atoms with Crippen LogP contribution in [-0.4, -0.2) is 57.8 Å². The van der Waals surface area contributed by atoms with Crippen molar-refractivity contribution in [3.05, 3.63) is 71.7 Å². The van der Waals surface area contributed by atoms with Crippen molar-refractivity contribution in [2.75, 3.05) is 32.7 Å². The van der Waals surface area contributed by atoms with E-state index in [1.807, 2.05) is 24.4 Å². The largest absolute Gasteiger partial charge is 0.351 e. The minimum Gasteiger partial charge on any atom is -0.351 e. The second kappa shape index (κ2) is 8.54. The van der Waals surface area contributed by atoms with Gasteiger partial charge in [0.2, 0.25) is 5.91 Å². The molecule has 0 bridgehead atoms. The summed E-state index contributed by atoms with van der Waals surface area (Å²) in [6, 6.07) is 14.3. The van der Waals surface area contributed by atoms with Crippen molar-refractivity contribution >= 4 is 11.6 Å². The highest BCUT2D eigenvalue weighted by Crippen LogP contribution is 2.10. The first-order valence-electron chi connectivity index (χ1n) is 9.85. The van der Waals surface area contributed by atoms with Crippen LogP contribution in [0.15, 0.2) is 54.9 Å². The van der Waals surface area contributed by atoms with E-state index in [1.54, 1.807) is 0 Å². The van der Waals surface area contributed by atoms with Crippen molar-refractivity contribution in [2.45, 2.75) is 20.0 Å². The second-order valence-electron chi connectivity index (χ2n) is 7.51. The minimum atomic E-state index is 0.0920. The standard InChI is InChI=1S/C22H27N5O/c1-18-5-7-19(8-6-18)14-23-22(28)17-26-12-10-25(11-13-26)15-20-16-27-9-3-2-4-21(27)24-20/h2-9,16H,10-15,17H2,1H3,(H,23,28). The van der Waals surface area contributed by atoms with E-state index in [0.29, 0.717) is 13.1 Å². The maximum Gasteiger partial charge on any atom is 0.234 e. The van der Waals surface area contributed by atoms with Gasteiger partial charge in [-0.3, -0.25) is 14.6 Å². The van der Waals surface area contributed by atoms with Crippen LogP contribution in [0.1, 0.15) is 16.8 Å². The second-order valence-corrected chi connectivity index (χ2v) is 7.51. The zero-order valence-corrected chi connectivity index (χ0v) is 16.3. The van der Waals surface area contributed by atoms with Gasteiger partial charge in [-0.1, -0.05) is 35.9 Å². The average molecular weight is 377 g/mol. The Balaban J connectivity index is 1.20. The molecule has 0 radical (unpaired) electrons. The van der Waals surface area contributed by atoms with Crippen LogP contribution in [0.4, 0.5) is 0 Å². The van der Waals surface area contributed by atoms with Crippen molar-refractivity contribution in [1.29, 1.82) is 0 Å². The summed E-state index contributed by atoms with van der Waals surface area (Å²) in [7, 11) is 0. The Morgan fingerprint density at radius 1 is 1.04 bits per heavy atom. The Kier molecular flexibility index (Phi) is 5.69. The molecule has 2 aromatic heterocycles. The molecule has 3 heterocycles. The van der Waals surface area contributed by atoms with Crippen molar-refractivity contribution in [2.24, 2.45) is 0 Å². The van der Waals surface area contributed by atoms with E-state index in [4.69, 9.17) is 0 Å². The zero-order chi connectivity index (χ0) is 19.3. The Labute approximate surface area is 165 Å². The Bertz CT molecular complexity index is 893. The molecule has 1 aromatic carbocycles. The highest BCUT2D eigenvalue weighted by Gasteiger charge is 2.19. The lowest BCUT2D eigenvalue weighted by molar-refractivity contribution is -0.122. The van der Waals surface area contributed by atoms with Crippen LogP contribution in [0.5, 0.6) is 0 Å². The Morgan fingerprint density at radius 2 is 1.79 bits per heavy atom. The molecule has 1 aliphatic heterocycles. The zero-order valence-electron chi connectivity index (χ0n) is 16.3. The third kappa shape index (κ3) is 4.77. The topological polar surface area (TPSA) is 52.9 Å². The number of amides is 1. The maximum absolute atomic E-state index is 12.2. The number of hydrogen-bond donors (Lipinski definition) is 1. The van der Waals surface area contributed by atoms with Gasteiger partial charge in [-0.2, -0.15) is 0 Å². The number of rotatable bonds is 6. The van der Waals surface area contributed by atoms with Gasteiger partial charge in [0.05, 0.1) is 12.2 Å². The molecule has 0 spiro atoms. The predicted octanol–water partition coefficient (Wildman–Crippen LogP) is 2.08. The third-order valence-corrected chi connectivity index (χ3v) is 5.24. The van der Waals surface area contributed by atoms with Crippen LogP contribution < -0.4 is 5.32 Å². The number of hydrogen-bond acceptors (Lipinski definition) is 4. The number of fused-ring (bicyclic) bond motifs is 1. The van der Waals surface area contributed by atoms with Crippen LogP contribution in [0.3, 0.4) is 0 Å². The number of aromatic nitrogens is 2. The third-order valence-electron chi connectivity index (χ3n) is 5.24. The molecule has 1 N–H and O–H groups in total. The fraction of sp³-hybridized carbons (Fsp3) is 0.364. The summed E-state index contributed by atoms with van der Waals surface area (Å²) in [6.45, 7) is 7.71. The van der Waals surface area contributed by atoms with Crippen LogP contribution in [0.25, 0.3) is 5.65 Å². The van der Waals surface area contributed by atoms with E-state index in [0.717, 1.165) is 49.6 Å². The summed E-state index contributed by atoms with van der Waals surface area (Å²) < 4.78 is 2.06. The lowest BCUT2D eigenvalue weighted by atomic mass is 10.1. The van der Waals surface area contributed by atoms with Crippen molar-refractivity contribution in [3.8, 4) is 0 Å². The van der Waals surface area contributed by atoms with Crippen LogP contribution in [0, 0.1) is 6.92 Å². The first-order chi connectivity index (χ1) is 13.7. The molecule has 146 valence electrons. The summed E-state index contributed by atoms with van der Waals surface area (Å²) in [5.74, 6) is 0.0920. The summed E-state index contributed by atoms with van der Waals surface area (Å²) in [5, 5.41) is 3.02. The highest BCUT2D eigenvalue weighted by molar-refractivity contribution is 5.78. The minimum absolute atomic E-state index is 0.0920. The van der Waals surface area contributed by atoms with Gasteiger partial charge in [0, 0.05) is 51.7 Å². The molecule has 28 heavy (non-hydrogen) atoms. The molecule has 1 amide bonds. The fourth-order valence-electron chi connectivity index (χ4n) is 3.56. The lowest BCUT2D eigenvalue weighted by Crippen LogP contribution is -2.49. The van der Waals surface area contributed by atoms with Gasteiger partial charge in [0.1, 0.15) is 5.65 Å². The summed E-state index contributed by atoms with van der Waals surface area (Å²) in [4.78, 5) is 21.6. The quantitative estimate of drug-likeness (QED) is 0.715. The van der Waals surface area contributed by atoms with Gasteiger partial charge < -0.3 is 9.72 Å². The SMILES string of the molecule is Cc1ccc(CNC(=O)CN2CCN(Cc3cn4ccccc4n3)CC2)cc1. The summed E-state index contributed by atoms with van der Waals surface area (Å²) in [5.41, 5.74) is 4.45. The maximum atomic E-state index is 12.2. The molecule has 0 saturated carbocycles. The number of aryl methyl sites for hydroxylation is 1. The number of piperazine rings is 1. The Morgan fingerprint density at radius 3 is 2.54 bits per heavy atom. The van der Waals surface area contributed by atoms with Crippen LogP contribution in [-0.2, 0) is 17.9 Å². The molecular formula is C22H27N5O. The molecule has 3 aromatic rings. The lowest BCUT2D eigenvalue weighted by Gasteiger charge is -2.33. The number of nitrogens with one attached hydrogen (secondary N) is 1. The van der Waals surface area contributed by atoms with Crippen molar-refractivity contribution in [1.82, 2.24) is 24.5 Å². The predicted molar refractivity (Wildman–Crippen MR) is 110 cm³/mol. The van der Waals surface area contributed by atoms with E-state index >= 15 is 0 Å². The Hall–Kier alpha value is -2.70. The van der Waals surface area contributed by atoms with Gasteiger partial charge in [-0.25, -0.2) is 4.98 Å². The number of carbonyl (C=O) groups is 1. The number of imidazole rings is 1. The number of pyridine rings is 1. The summed E-state index contributed by atoms with van der Waals surface area (Å²) in [6.07, 6.45) is 4.12. The van der Waals surface area contributed by atoms with Crippen LogP contribution >= 0.6 is 0 Å². The van der Waals surface area contributed by atoms with E-state index < -0.39 is 0 Å². The van der Waals surface area contributed by atoms with Gasteiger partial charge in [0.25, 0.3) is 0 Å². The highest BCUT2D eigenvalue weighted by atomic mass is 16.2. The van der Waals surface area contributed by atoms with Gasteiger partial charge in [0.15, 0.2) is 0 Å². The molecule has 1 saturated heterocycles. The smallest absolute Gasteiger partial charge is 0.234 e. The van der Waals surface area contributed by atoms with Gasteiger partial charge >= 0.3 is 0 Å². The first-order valence-corrected chi connectivity index (χ1v) is 9.85. The first kappa shape index (κ1) is 18.7. The van der Waals surface area contributed by atoms with Gasteiger partial charge in [-0.05, 0) is 24.6 Å². The normalized spacial score (nSPS) is 15.8. The fourth-order valence-corrected chi connectivity index (χ4v) is 3.56. The molecule has 0 unspecified atom stereocenters. The van der Waals surface area contributed by atoms with E-state index in [2.05, 4.69) is 61.9 Å². The molecule has 0 aliphatic carbocycles. The molecule has 6 nitrogen and oxygen atoms in total. The van der Waals surface area contributed by atoms with E-state index in [9.17, 15) is 4.79 Å². The molecule has 4 rings (SSSR count). The molecule has 0 atom stereocenters.